The van der Waals surface area contributed by atoms with Crippen LogP contribution in [0.2, 0.25) is 0 Å². The zero-order valence-electron chi connectivity index (χ0n) is 10.7. The van der Waals surface area contributed by atoms with Crippen molar-refractivity contribution >= 4 is 5.95 Å². The van der Waals surface area contributed by atoms with Crippen molar-refractivity contribution in [2.75, 3.05) is 11.4 Å². The highest BCUT2D eigenvalue weighted by molar-refractivity contribution is 5.54. The van der Waals surface area contributed by atoms with Gasteiger partial charge < -0.3 is 9.42 Å². The SMILES string of the molecule is CC1CCN(c2noc(-c3ccccc3)n2)C1C. The summed E-state index contributed by atoms with van der Waals surface area (Å²) in [4.78, 5) is 6.72. The fraction of sp³-hybridized carbons (Fsp3) is 0.429. The maximum Gasteiger partial charge on any atom is 0.266 e. The van der Waals surface area contributed by atoms with Crippen molar-refractivity contribution in [2.45, 2.75) is 26.3 Å². The van der Waals surface area contributed by atoms with Crippen LogP contribution in [0, 0.1) is 5.92 Å². The third-order valence-electron chi connectivity index (χ3n) is 3.83. The highest BCUT2D eigenvalue weighted by atomic mass is 16.5. The van der Waals surface area contributed by atoms with E-state index in [9.17, 15) is 0 Å². The van der Waals surface area contributed by atoms with Gasteiger partial charge in [0, 0.05) is 18.2 Å². The molecule has 1 fully saturated rings. The quantitative estimate of drug-likeness (QED) is 0.813. The Morgan fingerprint density at radius 3 is 2.67 bits per heavy atom. The van der Waals surface area contributed by atoms with E-state index in [2.05, 4.69) is 28.9 Å². The second kappa shape index (κ2) is 4.44. The molecule has 0 spiro atoms. The van der Waals surface area contributed by atoms with E-state index in [1.807, 2.05) is 30.3 Å². The molecule has 1 aromatic carbocycles. The number of benzene rings is 1. The van der Waals surface area contributed by atoms with Gasteiger partial charge >= 0.3 is 0 Å². The molecule has 3 rings (SSSR count). The fourth-order valence-corrected chi connectivity index (χ4v) is 2.41. The van der Waals surface area contributed by atoms with Crippen LogP contribution in [0.3, 0.4) is 0 Å². The Kier molecular flexibility index (Phi) is 2.78. The van der Waals surface area contributed by atoms with Gasteiger partial charge in [0.25, 0.3) is 11.8 Å². The molecule has 2 aromatic rings. The number of nitrogens with zero attached hydrogens (tertiary/aromatic N) is 3. The first kappa shape index (κ1) is 11.3. The lowest BCUT2D eigenvalue weighted by Gasteiger charge is -2.20. The normalized spacial score (nSPS) is 23.6. The van der Waals surface area contributed by atoms with Gasteiger partial charge in [-0.1, -0.05) is 25.1 Å². The van der Waals surface area contributed by atoms with Crippen molar-refractivity contribution in [1.82, 2.24) is 10.1 Å². The van der Waals surface area contributed by atoms with Crippen LogP contribution in [-0.4, -0.2) is 22.7 Å². The van der Waals surface area contributed by atoms with E-state index in [1.54, 1.807) is 0 Å². The van der Waals surface area contributed by atoms with Gasteiger partial charge in [0.1, 0.15) is 0 Å². The van der Waals surface area contributed by atoms with E-state index in [1.165, 1.54) is 6.42 Å². The Balaban J connectivity index is 1.86. The summed E-state index contributed by atoms with van der Waals surface area (Å²) in [6, 6.07) is 10.4. The summed E-state index contributed by atoms with van der Waals surface area (Å²) in [7, 11) is 0. The van der Waals surface area contributed by atoms with E-state index in [-0.39, 0.29) is 0 Å². The molecule has 2 heterocycles. The van der Waals surface area contributed by atoms with Gasteiger partial charge in [-0.15, -0.1) is 0 Å². The van der Waals surface area contributed by atoms with E-state index >= 15 is 0 Å². The Bertz CT molecular complexity index is 523. The Hall–Kier alpha value is -1.84. The third kappa shape index (κ3) is 1.88. The minimum absolute atomic E-state index is 0.478. The molecule has 2 unspecified atom stereocenters. The highest BCUT2D eigenvalue weighted by Gasteiger charge is 2.30. The second-order valence-electron chi connectivity index (χ2n) is 4.97. The van der Waals surface area contributed by atoms with Gasteiger partial charge in [-0.3, -0.25) is 0 Å². The molecule has 18 heavy (non-hydrogen) atoms. The molecule has 0 bridgehead atoms. The molecule has 4 heteroatoms. The molecule has 4 nitrogen and oxygen atoms in total. The Labute approximate surface area is 107 Å². The topological polar surface area (TPSA) is 42.2 Å². The van der Waals surface area contributed by atoms with Crippen molar-refractivity contribution in [3.05, 3.63) is 30.3 Å². The first-order valence-electron chi connectivity index (χ1n) is 6.41. The first-order valence-corrected chi connectivity index (χ1v) is 6.41. The van der Waals surface area contributed by atoms with Crippen molar-refractivity contribution in [3.63, 3.8) is 0 Å². The lowest BCUT2D eigenvalue weighted by Crippen LogP contribution is -2.29. The smallest absolute Gasteiger partial charge is 0.266 e. The van der Waals surface area contributed by atoms with Crippen LogP contribution in [-0.2, 0) is 0 Å². The van der Waals surface area contributed by atoms with E-state index in [0.717, 1.165) is 12.1 Å². The van der Waals surface area contributed by atoms with E-state index in [4.69, 9.17) is 4.52 Å². The maximum atomic E-state index is 5.34. The molecule has 0 radical (unpaired) electrons. The number of aromatic nitrogens is 2. The molecular weight excluding hydrogens is 226 g/mol. The number of rotatable bonds is 2. The fourth-order valence-electron chi connectivity index (χ4n) is 2.41. The summed E-state index contributed by atoms with van der Waals surface area (Å²) in [6.07, 6.45) is 1.19. The van der Waals surface area contributed by atoms with Gasteiger partial charge in [-0.05, 0) is 36.6 Å². The van der Waals surface area contributed by atoms with Crippen molar-refractivity contribution in [1.29, 1.82) is 0 Å². The average molecular weight is 243 g/mol. The van der Waals surface area contributed by atoms with Crippen molar-refractivity contribution < 1.29 is 4.52 Å². The molecule has 0 saturated carbocycles. The highest BCUT2D eigenvalue weighted by Crippen LogP contribution is 2.28. The van der Waals surface area contributed by atoms with Gasteiger partial charge in [0.2, 0.25) is 0 Å². The number of hydrogen-bond donors (Lipinski definition) is 0. The van der Waals surface area contributed by atoms with Crippen LogP contribution in [0.25, 0.3) is 11.5 Å². The molecule has 1 aliphatic heterocycles. The molecule has 0 aliphatic carbocycles. The van der Waals surface area contributed by atoms with Crippen molar-refractivity contribution in [3.8, 4) is 11.5 Å². The molecule has 1 aliphatic rings. The summed E-state index contributed by atoms with van der Waals surface area (Å²) in [5.74, 6) is 1.99. The molecule has 0 amide bonds. The van der Waals surface area contributed by atoms with Crippen molar-refractivity contribution in [2.24, 2.45) is 5.92 Å². The maximum absolute atomic E-state index is 5.34. The van der Waals surface area contributed by atoms with E-state index in [0.29, 0.717) is 23.8 Å². The molecular formula is C14H17N3O. The molecule has 0 N–H and O–H groups in total. The van der Waals surface area contributed by atoms with E-state index < -0.39 is 0 Å². The van der Waals surface area contributed by atoms with Crippen LogP contribution >= 0.6 is 0 Å². The molecule has 1 aromatic heterocycles. The van der Waals surface area contributed by atoms with Crippen LogP contribution in [0.5, 0.6) is 0 Å². The summed E-state index contributed by atoms with van der Waals surface area (Å²) in [5.41, 5.74) is 0.969. The Morgan fingerprint density at radius 1 is 1.22 bits per heavy atom. The average Bonchev–Trinajstić information content (AvgIpc) is 3.00. The molecule has 94 valence electrons. The first-order chi connectivity index (χ1) is 8.75. The largest absolute Gasteiger partial charge is 0.335 e. The number of anilines is 1. The third-order valence-corrected chi connectivity index (χ3v) is 3.83. The summed E-state index contributed by atoms with van der Waals surface area (Å²) in [5, 5.41) is 4.10. The van der Waals surface area contributed by atoms with Gasteiger partial charge in [-0.25, -0.2) is 0 Å². The lowest BCUT2D eigenvalue weighted by molar-refractivity contribution is 0.427. The van der Waals surface area contributed by atoms with Gasteiger partial charge in [0.15, 0.2) is 0 Å². The summed E-state index contributed by atoms with van der Waals surface area (Å²) in [6.45, 7) is 5.50. The zero-order chi connectivity index (χ0) is 12.5. The van der Waals surface area contributed by atoms with Crippen LogP contribution < -0.4 is 4.90 Å². The van der Waals surface area contributed by atoms with Crippen LogP contribution in [0.1, 0.15) is 20.3 Å². The van der Waals surface area contributed by atoms with Crippen LogP contribution in [0.15, 0.2) is 34.9 Å². The van der Waals surface area contributed by atoms with Gasteiger partial charge in [-0.2, -0.15) is 4.98 Å². The minimum atomic E-state index is 0.478. The van der Waals surface area contributed by atoms with Crippen LogP contribution in [0.4, 0.5) is 5.95 Å². The van der Waals surface area contributed by atoms with Gasteiger partial charge in [0.05, 0.1) is 0 Å². The molecule has 1 saturated heterocycles. The lowest BCUT2D eigenvalue weighted by atomic mass is 10.1. The number of hydrogen-bond acceptors (Lipinski definition) is 4. The Morgan fingerprint density at radius 2 is 2.00 bits per heavy atom. The minimum Gasteiger partial charge on any atom is -0.335 e. The predicted molar refractivity (Wildman–Crippen MR) is 70.3 cm³/mol. The summed E-state index contributed by atoms with van der Waals surface area (Å²) >= 11 is 0. The predicted octanol–water partition coefficient (Wildman–Crippen LogP) is 2.97. The zero-order valence-corrected chi connectivity index (χ0v) is 10.7. The second-order valence-corrected chi connectivity index (χ2v) is 4.97. The molecule has 2 atom stereocenters. The monoisotopic (exact) mass is 243 g/mol. The standard InChI is InChI=1S/C14H17N3O/c1-10-8-9-17(11(10)2)14-15-13(18-16-14)12-6-4-3-5-7-12/h3-7,10-11H,8-9H2,1-2H3. The summed E-state index contributed by atoms with van der Waals surface area (Å²) < 4.78 is 5.34.